The predicted molar refractivity (Wildman–Crippen MR) is 6.75 cm³/mol. The first-order valence-corrected chi connectivity index (χ1v) is 0.236. The zero-order valence-electron chi connectivity index (χ0n) is 1.65. The Balaban J connectivity index is -0.00000000500. The van der Waals surface area contributed by atoms with Gasteiger partial charge in [0.15, 0.2) is 0 Å². The minimum absolute atomic E-state index is 0. The van der Waals surface area contributed by atoms with E-state index in [-0.39, 0.29) is 40.2 Å². The molecule has 0 unspecified atom stereocenters. The third kappa shape index (κ3) is 12.3. The fraction of sp³-hybridized carbons (Fsp3) is 0. The van der Waals surface area contributed by atoms with Crippen LogP contribution >= 0.6 is 0 Å². The van der Waals surface area contributed by atoms with Crippen molar-refractivity contribution >= 4 is 6.79 Å². The largest absolute Gasteiger partial charge is 0.545 e. The zero-order valence-corrected chi connectivity index (χ0v) is 6.44. The molecule has 0 saturated carbocycles. The SMILES string of the molecule is [CH-]=O.[Ir].[Ir]. The number of carbonyl (C=O) groups excluding carboxylic acids is 1. The summed E-state index contributed by atoms with van der Waals surface area (Å²) in [5.74, 6) is 0. The van der Waals surface area contributed by atoms with E-state index in [1.165, 1.54) is 0 Å². The second kappa shape index (κ2) is 37.3. The Labute approximate surface area is 51.9 Å². The van der Waals surface area contributed by atoms with Crippen LogP contribution in [0.5, 0.6) is 0 Å². The van der Waals surface area contributed by atoms with Gasteiger partial charge >= 0.3 is 0 Å². The standard InChI is InChI=1S/CHO.2Ir/c1-2;;/h1H;;/q-1;;. The van der Waals surface area contributed by atoms with Crippen LogP contribution in [0.3, 0.4) is 0 Å². The van der Waals surface area contributed by atoms with Crippen molar-refractivity contribution in [1.82, 2.24) is 0 Å². The summed E-state index contributed by atoms with van der Waals surface area (Å²) in [5.41, 5.74) is 0. The maximum Gasteiger partial charge on any atom is 0 e. The van der Waals surface area contributed by atoms with Gasteiger partial charge in [0.2, 0.25) is 0 Å². The summed E-state index contributed by atoms with van der Waals surface area (Å²) in [6.45, 7) is 3.25. The van der Waals surface area contributed by atoms with Gasteiger partial charge in [-0.25, -0.2) is 0 Å². The zero-order chi connectivity index (χ0) is 2.00. The van der Waals surface area contributed by atoms with Crippen LogP contribution in [0.15, 0.2) is 0 Å². The first kappa shape index (κ1) is 20.2. The van der Waals surface area contributed by atoms with Crippen molar-refractivity contribution in [3.05, 3.63) is 0 Å². The molecule has 0 N–H and O–H groups in total. The van der Waals surface area contributed by atoms with E-state index in [4.69, 9.17) is 4.79 Å². The van der Waals surface area contributed by atoms with Gasteiger partial charge in [-0.1, -0.05) is 0 Å². The van der Waals surface area contributed by atoms with E-state index in [1.807, 2.05) is 0 Å². The van der Waals surface area contributed by atoms with E-state index in [0.29, 0.717) is 0 Å². The van der Waals surface area contributed by atoms with Crippen LogP contribution in [0, 0.1) is 0 Å². The molecule has 0 fully saturated rings. The minimum Gasteiger partial charge on any atom is -0.545 e. The normalized spacial score (nSPS) is 1.00. The van der Waals surface area contributed by atoms with Crippen molar-refractivity contribution < 1.29 is 45.0 Å². The molecule has 4 heavy (non-hydrogen) atoms. The fourth-order valence-corrected chi connectivity index (χ4v) is 0. The summed E-state index contributed by atoms with van der Waals surface area (Å²) < 4.78 is 0. The second-order valence-electron chi connectivity index (χ2n) is 0. The van der Waals surface area contributed by atoms with Gasteiger partial charge < -0.3 is 4.79 Å². The molecule has 0 amide bonds. The van der Waals surface area contributed by atoms with Crippen LogP contribution in [-0.2, 0) is 45.0 Å². The van der Waals surface area contributed by atoms with Crippen LogP contribution < -0.4 is 0 Å². The van der Waals surface area contributed by atoms with Gasteiger partial charge in [0.25, 0.3) is 0 Å². The Morgan fingerprint density at radius 1 is 1.00 bits per heavy atom. The van der Waals surface area contributed by atoms with E-state index in [2.05, 4.69) is 6.79 Å². The third-order valence-electron chi connectivity index (χ3n) is 0. The first-order valence-electron chi connectivity index (χ1n) is 0.236. The molecule has 0 aliphatic carbocycles. The molecule has 1 nitrogen and oxygen atoms in total. The molecule has 0 saturated heterocycles. The van der Waals surface area contributed by atoms with Crippen LogP contribution in [-0.4, -0.2) is 6.79 Å². The molecule has 0 aromatic heterocycles. The Hall–Kier alpha value is 0.969. The van der Waals surface area contributed by atoms with E-state index in [1.54, 1.807) is 0 Å². The van der Waals surface area contributed by atoms with Crippen molar-refractivity contribution in [2.24, 2.45) is 0 Å². The molecule has 0 aliphatic heterocycles. The van der Waals surface area contributed by atoms with Crippen LogP contribution in [0.2, 0.25) is 0 Å². The van der Waals surface area contributed by atoms with Crippen molar-refractivity contribution in [3.63, 3.8) is 0 Å². The smallest absolute Gasteiger partial charge is 0 e. The molecular formula is CHIr2O-. The van der Waals surface area contributed by atoms with E-state index >= 15 is 0 Å². The quantitative estimate of drug-likeness (QED) is 0.395. The third-order valence-corrected chi connectivity index (χ3v) is 0. The molecule has 2 radical (unpaired) electrons. The van der Waals surface area contributed by atoms with Gasteiger partial charge in [0, 0.05) is 40.2 Å². The molecule has 30 valence electrons. The molecule has 3 heteroatoms. The molecule has 0 atom stereocenters. The van der Waals surface area contributed by atoms with Gasteiger partial charge in [-0.2, -0.15) is 0 Å². The molecular weight excluding hydrogens is 412 g/mol. The summed E-state index contributed by atoms with van der Waals surface area (Å²) in [7, 11) is 0. The molecule has 0 rings (SSSR count). The average molecular weight is 413 g/mol. The van der Waals surface area contributed by atoms with Gasteiger partial charge in [0.1, 0.15) is 0 Å². The molecule has 0 aliphatic rings. The van der Waals surface area contributed by atoms with Crippen LogP contribution in [0.4, 0.5) is 0 Å². The second-order valence-corrected chi connectivity index (χ2v) is 0. The Morgan fingerprint density at radius 2 is 1.00 bits per heavy atom. The number of hydrogen-bond donors (Lipinski definition) is 0. The van der Waals surface area contributed by atoms with Gasteiger partial charge in [-0.15, -0.1) is 0 Å². The maximum atomic E-state index is 7.75. The minimum atomic E-state index is 0. The maximum absolute atomic E-state index is 7.75. The van der Waals surface area contributed by atoms with E-state index in [0.717, 1.165) is 0 Å². The van der Waals surface area contributed by atoms with E-state index in [9.17, 15) is 0 Å². The van der Waals surface area contributed by atoms with Crippen molar-refractivity contribution in [2.75, 3.05) is 0 Å². The van der Waals surface area contributed by atoms with E-state index < -0.39 is 0 Å². The average Bonchev–Trinajstić information content (AvgIpc) is 1.00. The Kier molecular flexibility index (Phi) is 188. The predicted octanol–water partition coefficient (Wildman–Crippen LogP) is -0.279. The van der Waals surface area contributed by atoms with Crippen molar-refractivity contribution in [2.45, 2.75) is 0 Å². The Morgan fingerprint density at radius 3 is 1.00 bits per heavy atom. The van der Waals surface area contributed by atoms with Crippen molar-refractivity contribution in [1.29, 1.82) is 0 Å². The molecule has 0 aromatic carbocycles. The van der Waals surface area contributed by atoms with Crippen molar-refractivity contribution in [3.8, 4) is 0 Å². The molecule has 0 spiro atoms. The summed E-state index contributed by atoms with van der Waals surface area (Å²) in [5, 5.41) is 0. The topological polar surface area (TPSA) is 17.1 Å². The summed E-state index contributed by atoms with van der Waals surface area (Å²) in [4.78, 5) is 7.75. The summed E-state index contributed by atoms with van der Waals surface area (Å²) in [6, 6.07) is 0. The van der Waals surface area contributed by atoms with Gasteiger partial charge in [-0.3, -0.25) is 6.79 Å². The van der Waals surface area contributed by atoms with Crippen LogP contribution in [0.1, 0.15) is 0 Å². The monoisotopic (exact) mass is 415 g/mol. The molecule has 0 heterocycles. The van der Waals surface area contributed by atoms with Crippen LogP contribution in [0.25, 0.3) is 0 Å². The Bertz CT molecular complexity index is 6.00. The molecule has 0 aromatic rings. The number of rotatable bonds is 0. The summed E-state index contributed by atoms with van der Waals surface area (Å²) >= 11 is 0. The van der Waals surface area contributed by atoms with Gasteiger partial charge in [0.05, 0.1) is 0 Å². The molecule has 0 bridgehead atoms. The fourth-order valence-electron chi connectivity index (χ4n) is 0. The van der Waals surface area contributed by atoms with Gasteiger partial charge in [-0.05, 0) is 0 Å². The first-order chi connectivity index (χ1) is 1.00. The summed E-state index contributed by atoms with van der Waals surface area (Å²) in [6.07, 6.45) is 0. The number of hydrogen-bond acceptors (Lipinski definition) is 1.